The van der Waals surface area contributed by atoms with Crippen LogP contribution >= 0.6 is 0 Å². The molecule has 0 bridgehead atoms. The van der Waals surface area contributed by atoms with E-state index in [4.69, 9.17) is 9.47 Å². The van der Waals surface area contributed by atoms with E-state index in [0.717, 1.165) is 18.4 Å². The minimum absolute atomic E-state index is 0.0223. The molecule has 1 aromatic rings. The Morgan fingerprint density at radius 1 is 1.18 bits per heavy atom. The Morgan fingerprint density at radius 2 is 2.00 bits per heavy atom. The molecular weight excluding hydrogens is 426 g/mol. The Kier molecular flexibility index (Phi) is 7.66. The summed E-state index contributed by atoms with van der Waals surface area (Å²) in [6.07, 6.45) is 5.46. The fraction of sp³-hybridized carbons (Fsp3) is 0.609. The molecule has 3 aliphatic rings. The van der Waals surface area contributed by atoms with Crippen LogP contribution in [0.3, 0.4) is 0 Å². The molecule has 4 rings (SSSR count). The molecule has 0 radical (unpaired) electrons. The van der Waals surface area contributed by atoms with Crippen molar-refractivity contribution in [2.75, 3.05) is 46.4 Å². The number of ether oxygens (including phenoxy) is 2. The maximum absolute atomic E-state index is 13.2. The average Bonchev–Trinajstić information content (AvgIpc) is 2.99. The van der Waals surface area contributed by atoms with Crippen LogP contribution in [0.15, 0.2) is 29.6 Å². The molecule has 0 N–H and O–H groups in total. The number of hydrogen-bond acceptors (Lipinski definition) is 7. The van der Waals surface area contributed by atoms with Gasteiger partial charge in [0.25, 0.3) is 5.91 Å². The van der Waals surface area contributed by atoms with Crippen LogP contribution in [0.4, 0.5) is 0 Å². The molecule has 0 unspecified atom stereocenters. The molecule has 3 amide bonds. The van der Waals surface area contributed by atoms with Crippen molar-refractivity contribution in [3.05, 3.63) is 30.1 Å². The first-order valence-corrected chi connectivity index (χ1v) is 11.5. The number of hydrazone groups is 1. The molecule has 10 nitrogen and oxygen atoms in total. The smallest absolute Gasteiger partial charge is 0.270 e. The minimum Gasteiger partial charge on any atom is -0.381 e. The standard InChI is InChI=1S/C23H31N5O5/c1-26-21(29)5-4-20(25-26)23(31)28-14-19(33-16-18-3-2-8-24-11-18)13-27(22(30)15-28)12-17-6-9-32-10-7-17/h2-3,8,11,17,19H,4-7,9-10,12-16H2,1H3/t19-/m1/s1. The lowest BCUT2D eigenvalue weighted by atomic mass is 9.99. The quantitative estimate of drug-likeness (QED) is 0.622. The molecule has 1 aromatic heterocycles. The summed E-state index contributed by atoms with van der Waals surface area (Å²) in [5.74, 6) is -0.154. The van der Waals surface area contributed by atoms with Crippen molar-refractivity contribution < 1.29 is 23.9 Å². The van der Waals surface area contributed by atoms with Crippen LogP contribution < -0.4 is 0 Å². The summed E-state index contributed by atoms with van der Waals surface area (Å²) in [7, 11) is 1.54. The number of aromatic nitrogens is 1. The van der Waals surface area contributed by atoms with E-state index in [9.17, 15) is 14.4 Å². The highest BCUT2D eigenvalue weighted by atomic mass is 16.5. The molecule has 0 spiro atoms. The van der Waals surface area contributed by atoms with Gasteiger partial charge in [-0.3, -0.25) is 19.4 Å². The van der Waals surface area contributed by atoms with Crippen LogP contribution in [0.25, 0.3) is 0 Å². The van der Waals surface area contributed by atoms with Crippen molar-refractivity contribution in [2.24, 2.45) is 11.0 Å². The zero-order valence-corrected chi connectivity index (χ0v) is 19.0. The van der Waals surface area contributed by atoms with Gasteiger partial charge in [-0.1, -0.05) is 6.07 Å². The Morgan fingerprint density at radius 3 is 2.73 bits per heavy atom. The second-order valence-electron chi connectivity index (χ2n) is 8.80. The van der Waals surface area contributed by atoms with Crippen molar-refractivity contribution >= 4 is 23.4 Å². The summed E-state index contributed by atoms with van der Waals surface area (Å²) in [4.78, 5) is 45.6. The Balaban J connectivity index is 1.48. The first-order chi connectivity index (χ1) is 16.0. The van der Waals surface area contributed by atoms with E-state index in [1.54, 1.807) is 12.4 Å². The van der Waals surface area contributed by atoms with Crippen molar-refractivity contribution in [1.82, 2.24) is 19.8 Å². The molecule has 33 heavy (non-hydrogen) atoms. The van der Waals surface area contributed by atoms with Crippen molar-refractivity contribution in [2.45, 2.75) is 38.4 Å². The van der Waals surface area contributed by atoms with Gasteiger partial charge in [-0.05, 0) is 30.4 Å². The highest BCUT2D eigenvalue weighted by Gasteiger charge is 2.35. The highest BCUT2D eigenvalue weighted by Crippen LogP contribution is 2.20. The Hall–Kier alpha value is -2.85. The predicted octanol–water partition coefficient (Wildman–Crippen LogP) is 0.672. The molecule has 1 atom stereocenters. The normalized spacial score (nSPS) is 22.9. The number of nitrogens with zero attached hydrogens (tertiary/aromatic N) is 5. The highest BCUT2D eigenvalue weighted by molar-refractivity contribution is 6.39. The van der Waals surface area contributed by atoms with E-state index in [2.05, 4.69) is 10.1 Å². The van der Waals surface area contributed by atoms with E-state index in [-0.39, 0.29) is 49.8 Å². The topological polar surface area (TPSA) is 105 Å². The molecule has 0 saturated carbocycles. The number of carbonyl (C=O) groups is 3. The molecule has 0 aliphatic carbocycles. The Bertz CT molecular complexity index is 886. The lowest BCUT2D eigenvalue weighted by Crippen LogP contribution is -2.45. The zero-order chi connectivity index (χ0) is 23.2. The number of rotatable bonds is 6. The lowest BCUT2D eigenvalue weighted by molar-refractivity contribution is -0.136. The fourth-order valence-corrected chi connectivity index (χ4v) is 4.36. The van der Waals surface area contributed by atoms with Crippen LogP contribution in [0.1, 0.15) is 31.2 Å². The van der Waals surface area contributed by atoms with Gasteiger partial charge >= 0.3 is 0 Å². The fourth-order valence-electron chi connectivity index (χ4n) is 4.36. The third-order valence-electron chi connectivity index (χ3n) is 6.30. The molecule has 4 heterocycles. The number of carbonyl (C=O) groups excluding carboxylic acids is 3. The van der Waals surface area contributed by atoms with Crippen LogP contribution in [0.2, 0.25) is 0 Å². The molecule has 2 fully saturated rings. The summed E-state index contributed by atoms with van der Waals surface area (Å²) in [6, 6.07) is 3.78. The zero-order valence-electron chi connectivity index (χ0n) is 19.0. The van der Waals surface area contributed by atoms with Gasteiger partial charge in [0.1, 0.15) is 12.3 Å². The average molecular weight is 458 g/mol. The summed E-state index contributed by atoms with van der Waals surface area (Å²) < 4.78 is 11.6. The van der Waals surface area contributed by atoms with Crippen LogP contribution in [-0.4, -0.2) is 95.8 Å². The number of hydrogen-bond donors (Lipinski definition) is 0. The van der Waals surface area contributed by atoms with Crippen LogP contribution in [0, 0.1) is 5.92 Å². The van der Waals surface area contributed by atoms with Crippen molar-refractivity contribution in [3.8, 4) is 0 Å². The van der Waals surface area contributed by atoms with Crippen LogP contribution in [0.5, 0.6) is 0 Å². The summed E-state index contributed by atoms with van der Waals surface area (Å²) in [5.41, 5.74) is 1.23. The second kappa shape index (κ2) is 10.8. The third-order valence-corrected chi connectivity index (χ3v) is 6.30. The molecule has 10 heteroatoms. The van der Waals surface area contributed by atoms with Gasteiger partial charge in [-0.2, -0.15) is 5.10 Å². The number of amides is 3. The summed E-state index contributed by atoms with van der Waals surface area (Å²) >= 11 is 0. The maximum atomic E-state index is 13.2. The van der Waals surface area contributed by atoms with Gasteiger partial charge in [0.05, 0.1) is 12.7 Å². The van der Waals surface area contributed by atoms with Crippen molar-refractivity contribution in [1.29, 1.82) is 0 Å². The molecule has 0 aromatic carbocycles. The van der Waals surface area contributed by atoms with Gasteiger partial charge in [-0.25, -0.2) is 5.01 Å². The predicted molar refractivity (Wildman–Crippen MR) is 119 cm³/mol. The first-order valence-electron chi connectivity index (χ1n) is 11.5. The van der Waals surface area contributed by atoms with Gasteiger partial charge in [0.15, 0.2) is 0 Å². The summed E-state index contributed by atoms with van der Waals surface area (Å²) in [6.45, 7) is 3.09. The number of pyridine rings is 1. The second-order valence-corrected chi connectivity index (χ2v) is 8.80. The van der Waals surface area contributed by atoms with E-state index >= 15 is 0 Å². The molecular formula is C23H31N5O5. The molecule has 3 aliphatic heterocycles. The third kappa shape index (κ3) is 6.14. The first kappa shape index (κ1) is 23.3. The minimum atomic E-state index is -0.344. The van der Waals surface area contributed by atoms with Crippen LogP contribution in [-0.2, 0) is 30.5 Å². The lowest BCUT2D eigenvalue weighted by Gasteiger charge is -2.30. The molecule has 2 saturated heterocycles. The van der Waals surface area contributed by atoms with Gasteiger partial charge in [0.2, 0.25) is 11.8 Å². The van der Waals surface area contributed by atoms with Crippen molar-refractivity contribution in [3.63, 3.8) is 0 Å². The van der Waals surface area contributed by atoms with Gasteiger partial charge in [-0.15, -0.1) is 0 Å². The monoisotopic (exact) mass is 457 g/mol. The maximum Gasteiger partial charge on any atom is 0.270 e. The van der Waals surface area contributed by atoms with E-state index < -0.39 is 0 Å². The molecule has 178 valence electrons. The van der Waals surface area contributed by atoms with E-state index in [1.807, 2.05) is 17.0 Å². The van der Waals surface area contributed by atoms with E-state index in [0.29, 0.717) is 44.5 Å². The van der Waals surface area contributed by atoms with Gasteiger partial charge < -0.3 is 19.3 Å². The largest absolute Gasteiger partial charge is 0.381 e. The van der Waals surface area contributed by atoms with Gasteiger partial charge in [0, 0.05) is 65.1 Å². The SMILES string of the molecule is CN1N=C(C(=O)N2CC(=O)N(CC3CCOCC3)C[C@@H](OCc3cccnc3)C2)CCC1=O. The van der Waals surface area contributed by atoms with E-state index in [1.165, 1.54) is 17.0 Å². The Labute approximate surface area is 193 Å². The summed E-state index contributed by atoms with van der Waals surface area (Å²) in [5, 5.41) is 5.35.